The summed E-state index contributed by atoms with van der Waals surface area (Å²) in [5.41, 5.74) is 0.848. The molecule has 0 unspecified atom stereocenters. The molecule has 16 heavy (non-hydrogen) atoms. The van der Waals surface area contributed by atoms with E-state index in [1.165, 1.54) is 0 Å². The number of ether oxygens (including phenoxy) is 1. The van der Waals surface area contributed by atoms with Gasteiger partial charge in [-0.15, -0.1) is 10.2 Å². The first-order valence-corrected chi connectivity index (χ1v) is 5.58. The van der Waals surface area contributed by atoms with Gasteiger partial charge >= 0.3 is 0 Å². The second kappa shape index (κ2) is 4.59. The molecular formula is C10H7ClN2O2S. The Morgan fingerprint density at radius 3 is 2.88 bits per heavy atom. The minimum Gasteiger partial charge on any atom is -0.497 e. The molecule has 0 N–H and O–H groups in total. The van der Waals surface area contributed by atoms with Crippen molar-refractivity contribution in [2.45, 2.75) is 0 Å². The molecule has 0 amide bonds. The van der Waals surface area contributed by atoms with E-state index >= 15 is 0 Å². The molecule has 0 aliphatic heterocycles. The fourth-order valence-corrected chi connectivity index (χ4v) is 2.00. The Morgan fingerprint density at radius 2 is 2.25 bits per heavy atom. The average Bonchev–Trinajstić information content (AvgIpc) is 2.78. The molecule has 0 spiro atoms. The molecule has 2 aromatic rings. The molecule has 4 nitrogen and oxygen atoms in total. The predicted octanol–water partition coefficient (Wildman–Crippen LogP) is 2.59. The van der Waals surface area contributed by atoms with Gasteiger partial charge in [0.1, 0.15) is 10.8 Å². The van der Waals surface area contributed by atoms with Crippen LogP contribution in [0.1, 0.15) is 9.80 Å². The topological polar surface area (TPSA) is 52.1 Å². The van der Waals surface area contributed by atoms with Crippen molar-refractivity contribution < 1.29 is 9.53 Å². The maximum atomic E-state index is 10.9. The maximum absolute atomic E-state index is 10.9. The zero-order valence-corrected chi connectivity index (χ0v) is 9.88. The number of nitrogens with zero attached hydrogens (tertiary/aromatic N) is 2. The summed E-state index contributed by atoms with van der Waals surface area (Å²) >= 11 is 6.46. The van der Waals surface area contributed by atoms with Crippen LogP contribution in [0.15, 0.2) is 24.3 Å². The lowest BCUT2D eigenvalue weighted by atomic mass is 10.2. The highest BCUT2D eigenvalue weighted by Gasteiger charge is 2.11. The van der Waals surface area contributed by atoms with Crippen molar-refractivity contribution in [1.82, 2.24) is 10.2 Å². The Balaban J connectivity index is 2.38. The number of carbonyl (C=O) groups is 1. The smallest absolute Gasteiger partial charge is 0.283 e. The van der Waals surface area contributed by atoms with Crippen LogP contribution in [0.5, 0.6) is 5.75 Å². The normalized spacial score (nSPS) is 10.1. The summed E-state index contributed by atoms with van der Waals surface area (Å²) in [5, 5.41) is 7.83. The third kappa shape index (κ3) is 2.20. The van der Waals surface area contributed by atoms with Crippen molar-refractivity contribution in [2.75, 3.05) is 7.11 Å². The van der Waals surface area contributed by atoms with Gasteiger partial charge in [-0.3, -0.25) is 4.79 Å². The zero-order chi connectivity index (χ0) is 11.5. The van der Waals surface area contributed by atoms with Crippen molar-refractivity contribution in [3.8, 4) is 16.3 Å². The van der Waals surface area contributed by atoms with Gasteiger partial charge in [0, 0.05) is 5.56 Å². The van der Waals surface area contributed by atoms with E-state index < -0.39 is 5.24 Å². The van der Waals surface area contributed by atoms with Crippen LogP contribution in [0.25, 0.3) is 10.6 Å². The number of halogens is 1. The molecule has 2 rings (SSSR count). The molecule has 1 aromatic carbocycles. The summed E-state index contributed by atoms with van der Waals surface area (Å²) in [6.45, 7) is 0. The maximum Gasteiger partial charge on any atom is 0.283 e. The van der Waals surface area contributed by atoms with Gasteiger partial charge in [0.25, 0.3) is 5.24 Å². The standard InChI is InChI=1S/C10H7ClN2O2S/c1-15-7-4-2-3-6(5-7)9-12-13-10(16-9)8(11)14/h2-5H,1H3. The highest BCUT2D eigenvalue weighted by Crippen LogP contribution is 2.26. The van der Waals surface area contributed by atoms with Crippen LogP contribution in [-0.2, 0) is 0 Å². The second-order valence-corrected chi connectivity index (χ2v) is 4.24. The van der Waals surface area contributed by atoms with Gasteiger partial charge in [0.15, 0.2) is 0 Å². The van der Waals surface area contributed by atoms with Crippen LogP contribution >= 0.6 is 22.9 Å². The summed E-state index contributed by atoms with van der Waals surface area (Å²) in [6.07, 6.45) is 0. The summed E-state index contributed by atoms with van der Waals surface area (Å²) in [6, 6.07) is 7.37. The van der Waals surface area contributed by atoms with Crippen molar-refractivity contribution in [3.05, 3.63) is 29.3 Å². The number of carbonyl (C=O) groups excluding carboxylic acids is 1. The molecule has 1 heterocycles. The van der Waals surface area contributed by atoms with Crippen LogP contribution < -0.4 is 4.74 Å². The SMILES string of the molecule is COc1cccc(-c2nnc(C(=O)Cl)s2)c1. The van der Waals surface area contributed by atoms with E-state index in [1.54, 1.807) is 7.11 Å². The molecule has 0 radical (unpaired) electrons. The van der Waals surface area contributed by atoms with E-state index in [0.717, 1.165) is 22.6 Å². The quantitative estimate of drug-likeness (QED) is 0.790. The fraction of sp³-hybridized carbons (Fsp3) is 0.100. The zero-order valence-electron chi connectivity index (χ0n) is 8.31. The van der Waals surface area contributed by atoms with Gasteiger partial charge in [-0.1, -0.05) is 23.5 Å². The van der Waals surface area contributed by atoms with Gasteiger partial charge in [-0.05, 0) is 23.7 Å². The van der Waals surface area contributed by atoms with Crippen LogP contribution in [0.3, 0.4) is 0 Å². The van der Waals surface area contributed by atoms with Gasteiger partial charge in [-0.2, -0.15) is 0 Å². The molecule has 82 valence electrons. The lowest BCUT2D eigenvalue weighted by Crippen LogP contribution is -1.85. The van der Waals surface area contributed by atoms with Crippen molar-refractivity contribution >= 4 is 28.2 Å². The lowest BCUT2D eigenvalue weighted by Gasteiger charge is -2.00. The Morgan fingerprint density at radius 1 is 1.44 bits per heavy atom. The molecule has 0 fully saturated rings. The third-order valence-corrected chi connectivity index (χ3v) is 3.17. The lowest BCUT2D eigenvalue weighted by molar-refractivity contribution is 0.108. The van der Waals surface area contributed by atoms with Gasteiger partial charge in [0.2, 0.25) is 5.01 Å². The number of rotatable bonds is 3. The fourth-order valence-electron chi connectivity index (χ4n) is 1.18. The predicted molar refractivity (Wildman–Crippen MR) is 62.1 cm³/mol. The molecule has 0 aliphatic carbocycles. The molecule has 0 aliphatic rings. The minimum atomic E-state index is -0.591. The Kier molecular flexibility index (Phi) is 3.17. The first-order chi connectivity index (χ1) is 7.70. The molecule has 0 saturated heterocycles. The largest absolute Gasteiger partial charge is 0.497 e. The van der Waals surface area contributed by atoms with E-state index in [0.29, 0.717) is 5.01 Å². The van der Waals surface area contributed by atoms with Crippen molar-refractivity contribution in [3.63, 3.8) is 0 Å². The van der Waals surface area contributed by atoms with E-state index in [-0.39, 0.29) is 5.01 Å². The summed E-state index contributed by atoms with van der Waals surface area (Å²) in [5.74, 6) is 0.728. The average molecular weight is 255 g/mol. The number of hydrogen-bond acceptors (Lipinski definition) is 5. The molecule has 6 heteroatoms. The van der Waals surface area contributed by atoms with E-state index in [4.69, 9.17) is 16.3 Å². The van der Waals surface area contributed by atoms with Gasteiger partial charge < -0.3 is 4.74 Å². The first-order valence-electron chi connectivity index (χ1n) is 4.38. The highest BCUT2D eigenvalue weighted by atomic mass is 35.5. The Hall–Kier alpha value is -1.46. The number of benzene rings is 1. The third-order valence-electron chi connectivity index (χ3n) is 1.91. The van der Waals surface area contributed by atoms with Gasteiger partial charge in [0.05, 0.1) is 7.11 Å². The molecule has 0 atom stereocenters. The van der Waals surface area contributed by atoms with E-state index in [9.17, 15) is 4.79 Å². The first kappa shape index (κ1) is 11.0. The molecule has 1 aromatic heterocycles. The summed E-state index contributed by atoms with van der Waals surface area (Å²) in [7, 11) is 1.59. The molecule has 0 bridgehead atoms. The van der Waals surface area contributed by atoms with Gasteiger partial charge in [-0.25, -0.2) is 0 Å². The molecular weight excluding hydrogens is 248 g/mol. The van der Waals surface area contributed by atoms with Crippen molar-refractivity contribution in [2.24, 2.45) is 0 Å². The van der Waals surface area contributed by atoms with Crippen LogP contribution in [0.4, 0.5) is 0 Å². The highest BCUT2D eigenvalue weighted by molar-refractivity contribution is 7.18. The van der Waals surface area contributed by atoms with E-state index in [1.807, 2.05) is 24.3 Å². The van der Waals surface area contributed by atoms with E-state index in [2.05, 4.69) is 10.2 Å². The van der Waals surface area contributed by atoms with Crippen molar-refractivity contribution in [1.29, 1.82) is 0 Å². The monoisotopic (exact) mass is 254 g/mol. The van der Waals surface area contributed by atoms with Crippen LogP contribution in [0, 0.1) is 0 Å². The number of methoxy groups -OCH3 is 1. The summed E-state index contributed by atoms with van der Waals surface area (Å²) in [4.78, 5) is 10.9. The Labute approximate surface area is 101 Å². The Bertz CT molecular complexity index is 527. The summed E-state index contributed by atoms with van der Waals surface area (Å²) < 4.78 is 5.09. The van der Waals surface area contributed by atoms with Crippen LogP contribution in [-0.4, -0.2) is 22.5 Å². The number of hydrogen-bond donors (Lipinski definition) is 0. The van der Waals surface area contributed by atoms with Crippen LogP contribution in [0.2, 0.25) is 0 Å². The minimum absolute atomic E-state index is 0.194. The molecule has 0 saturated carbocycles. The second-order valence-electron chi connectivity index (χ2n) is 2.92. The number of aromatic nitrogens is 2.